The van der Waals surface area contributed by atoms with E-state index in [0.717, 1.165) is 9.79 Å². The molecule has 0 aliphatic carbocycles. The molecule has 36 heavy (non-hydrogen) atoms. The van der Waals surface area contributed by atoms with Gasteiger partial charge < -0.3 is 5.11 Å². The van der Waals surface area contributed by atoms with Crippen LogP contribution in [-0.2, 0) is 14.4 Å². The number of carboxylic acid groups (broad SMARTS) is 1. The van der Waals surface area contributed by atoms with Crippen LogP contribution in [0.25, 0.3) is 0 Å². The molecule has 2 aromatic rings. The molecule has 10 heteroatoms. The summed E-state index contributed by atoms with van der Waals surface area (Å²) in [4.78, 5) is 40.6. The number of alkyl halides is 3. The Morgan fingerprint density at radius 2 is 1.31 bits per heavy atom. The number of hydrogen-bond donors (Lipinski definition) is 1. The Morgan fingerprint density at radius 3 is 1.69 bits per heavy atom. The molecule has 1 aliphatic rings. The molecule has 1 atom stereocenters. The van der Waals surface area contributed by atoms with Crippen LogP contribution in [0.15, 0.2) is 70.5 Å². The molecule has 1 aliphatic heterocycles. The third kappa shape index (κ3) is 6.92. The molecule has 1 saturated heterocycles. The van der Waals surface area contributed by atoms with Crippen LogP contribution in [0.4, 0.5) is 13.2 Å². The standard InChI is InChI=1S/C26H28F3NO4S2/c27-26(28,29)30-16-15-25(23(30)24(33)34,21(31)13-7-17-35-19-9-3-1-4-10-19)22(32)14-8-18-36-20-11-5-2-6-12-20/h1-6,9-12,23H,7-8,13-18H2,(H,33,34)/t23-/m1/s1. The number of benzene rings is 2. The summed E-state index contributed by atoms with van der Waals surface area (Å²) in [5, 5.41) is 9.77. The first kappa shape index (κ1) is 28.3. The predicted octanol–water partition coefficient (Wildman–Crippen LogP) is 5.93. The Labute approximate surface area is 216 Å². The van der Waals surface area contributed by atoms with Crippen LogP contribution in [0.1, 0.15) is 32.1 Å². The van der Waals surface area contributed by atoms with Crippen molar-refractivity contribution in [3.8, 4) is 0 Å². The van der Waals surface area contributed by atoms with Gasteiger partial charge in [-0.2, -0.15) is 18.1 Å². The minimum atomic E-state index is -4.96. The molecule has 0 radical (unpaired) electrons. The number of halogens is 3. The molecule has 0 saturated carbocycles. The highest BCUT2D eigenvalue weighted by molar-refractivity contribution is 7.99. The average Bonchev–Trinajstić information content (AvgIpc) is 3.28. The lowest BCUT2D eigenvalue weighted by Crippen LogP contribution is -2.57. The van der Waals surface area contributed by atoms with Crippen LogP contribution >= 0.6 is 23.5 Å². The Hall–Kier alpha value is -2.30. The second-order valence-electron chi connectivity index (χ2n) is 8.50. The van der Waals surface area contributed by atoms with Gasteiger partial charge in [-0.25, -0.2) is 0 Å². The Kier molecular flexibility index (Phi) is 10.0. The molecular weight excluding hydrogens is 511 g/mol. The van der Waals surface area contributed by atoms with Gasteiger partial charge in [0.2, 0.25) is 0 Å². The van der Waals surface area contributed by atoms with Gasteiger partial charge in [-0.15, -0.1) is 23.5 Å². The third-order valence-electron chi connectivity index (χ3n) is 6.20. The number of carbonyl (C=O) groups excluding carboxylic acids is 2. The Bertz CT molecular complexity index is 975. The van der Waals surface area contributed by atoms with Gasteiger partial charge in [0.1, 0.15) is 23.0 Å². The Balaban J connectivity index is 1.71. The van der Waals surface area contributed by atoms with Crippen LogP contribution in [0.3, 0.4) is 0 Å². The normalized spacial score (nSPS) is 17.7. The molecule has 5 nitrogen and oxygen atoms in total. The first-order valence-corrected chi connectivity index (χ1v) is 13.6. The van der Waals surface area contributed by atoms with Crippen molar-refractivity contribution in [3.63, 3.8) is 0 Å². The van der Waals surface area contributed by atoms with E-state index in [0.29, 0.717) is 24.3 Å². The van der Waals surface area contributed by atoms with Gasteiger partial charge >= 0.3 is 12.3 Å². The second kappa shape index (κ2) is 12.8. The maximum Gasteiger partial charge on any atom is 0.460 e. The molecule has 0 spiro atoms. The van der Waals surface area contributed by atoms with Crippen LogP contribution < -0.4 is 0 Å². The zero-order valence-corrected chi connectivity index (χ0v) is 21.2. The number of nitrogens with zero attached hydrogens (tertiary/aromatic N) is 1. The summed E-state index contributed by atoms with van der Waals surface area (Å²) in [7, 11) is 0. The van der Waals surface area contributed by atoms with Crippen molar-refractivity contribution in [2.45, 2.75) is 54.2 Å². The maximum atomic E-state index is 13.7. The maximum absolute atomic E-state index is 13.7. The fourth-order valence-electron chi connectivity index (χ4n) is 4.51. The molecule has 1 fully saturated rings. The minimum absolute atomic E-state index is 0.153. The first-order valence-electron chi connectivity index (χ1n) is 11.6. The van der Waals surface area contributed by atoms with Gasteiger partial charge in [-0.1, -0.05) is 36.4 Å². The quantitative estimate of drug-likeness (QED) is 0.146. The number of Topliss-reactive ketones (excluding diaryl/α,β-unsaturated/α-hetero) is 2. The van der Waals surface area contributed by atoms with Crippen molar-refractivity contribution < 1.29 is 32.7 Å². The summed E-state index contributed by atoms with van der Waals surface area (Å²) < 4.78 is 41.0. The highest BCUT2D eigenvalue weighted by atomic mass is 32.2. The summed E-state index contributed by atoms with van der Waals surface area (Å²) in [6.07, 6.45) is -5.05. The topological polar surface area (TPSA) is 74.7 Å². The molecule has 1 N–H and O–H groups in total. The van der Waals surface area contributed by atoms with Gasteiger partial charge in [0.05, 0.1) is 0 Å². The van der Waals surface area contributed by atoms with E-state index in [1.54, 1.807) is 0 Å². The summed E-state index contributed by atoms with van der Waals surface area (Å²) in [6.45, 7) is -0.699. The Morgan fingerprint density at radius 1 is 0.861 bits per heavy atom. The lowest BCUT2D eigenvalue weighted by Gasteiger charge is -2.34. The van der Waals surface area contributed by atoms with Crippen LogP contribution in [-0.4, -0.2) is 57.9 Å². The van der Waals surface area contributed by atoms with Gasteiger partial charge in [-0.05, 0) is 55.0 Å². The summed E-state index contributed by atoms with van der Waals surface area (Å²) in [5.41, 5.74) is -2.20. The van der Waals surface area contributed by atoms with E-state index in [-0.39, 0.29) is 17.7 Å². The molecule has 1 heterocycles. The van der Waals surface area contributed by atoms with E-state index < -0.39 is 48.3 Å². The number of thioether (sulfide) groups is 2. The zero-order valence-electron chi connectivity index (χ0n) is 19.6. The number of ketones is 2. The number of rotatable bonds is 13. The van der Waals surface area contributed by atoms with Crippen LogP contribution in [0.5, 0.6) is 0 Å². The number of carbonyl (C=O) groups is 3. The van der Waals surface area contributed by atoms with Crippen molar-refractivity contribution in [1.82, 2.24) is 4.90 Å². The lowest BCUT2D eigenvalue weighted by molar-refractivity contribution is -0.254. The van der Waals surface area contributed by atoms with Crippen molar-refractivity contribution >= 4 is 41.1 Å². The molecule has 194 valence electrons. The molecule has 0 unspecified atom stereocenters. The van der Waals surface area contributed by atoms with E-state index in [1.807, 2.05) is 60.7 Å². The minimum Gasteiger partial charge on any atom is -0.480 e. The molecule has 3 rings (SSSR count). The van der Waals surface area contributed by atoms with E-state index in [4.69, 9.17) is 0 Å². The highest BCUT2D eigenvalue weighted by Gasteiger charge is 2.64. The van der Waals surface area contributed by atoms with Crippen LogP contribution in [0, 0.1) is 5.41 Å². The fraction of sp³-hybridized carbons (Fsp3) is 0.423. The zero-order chi connectivity index (χ0) is 26.2. The average molecular weight is 540 g/mol. The molecule has 0 bridgehead atoms. The fourth-order valence-corrected chi connectivity index (χ4v) is 6.26. The highest BCUT2D eigenvalue weighted by Crippen LogP contribution is 2.46. The van der Waals surface area contributed by atoms with E-state index in [2.05, 4.69) is 0 Å². The molecule has 2 aromatic carbocycles. The van der Waals surface area contributed by atoms with E-state index in [9.17, 15) is 32.7 Å². The first-order chi connectivity index (χ1) is 17.2. The molecule has 0 amide bonds. The third-order valence-corrected chi connectivity index (χ3v) is 8.40. The summed E-state index contributed by atoms with van der Waals surface area (Å²) in [6, 6.07) is 16.6. The number of aliphatic carboxylic acids is 1. The van der Waals surface area contributed by atoms with Gasteiger partial charge in [0.15, 0.2) is 0 Å². The largest absolute Gasteiger partial charge is 0.480 e. The predicted molar refractivity (Wildman–Crippen MR) is 134 cm³/mol. The lowest BCUT2D eigenvalue weighted by atomic mass is 9.70. The van der Waals surface area contributed by atoms with Crippen molar-refractivity contribution in [2.75, 3.05) is 18.1 Å². The van der Waals surface area contributed by atoms with E-state index >= 15 is 0 Å². The summed E-state index contributed by atoms with van der Waals surface area (Å²) >= 11 is 2.98. The SMILES string of the molecule is O=C(O)[C@H]1N(C(F)(F)F)CCC1(C(=O)CCCSc1ccccc1)C(=O)CCCSc1ccccc1. The van der Waals surface area contributed by atoms with Gasteiger partial charge in [-0.3, -0.25) is 14.4 Å². The van der Waals surface area contributed by atoms with Gasteiger partial charge in [0.25, 0.3) is 0 Å². The van der Waals surface area contributed by atoms with Crippen LogP contribution in [0.2, 0.25) is 0 Å². The molecular formula is C26H28F3NO4S2. The van der Waals surface area contributed by atoms with Crippen molar-refractivity contribution in [1.29, 1.82) is 0 Å². The number of likely N-dealkylation sites (tertiary alicyclic amines) is 1. The van der Waals surface area contributed by atoms with Gasteiger partial charge in [0, 0.05) is 29.2 Å². The second-order valence-corrected chi connectivity index (χ2v) is 10.8. The number of carboxylic acids is 1. The molecule has 0 aromatic heterocycles. The monoisotopic (exact) mass is 539 g/mol. The number of hydrogen-bond acceptors (Lipinski definition) is 6. The van der Waals surface area contributed by atoms with E-state index in [1.165, 1.54) is 23.5 Å². The summed E-state index contributed by atoms with van der Waals surface area (Å²) in [5.74, 6) is -2.18. The van der Waals surface area contributed by atoms with Crippen molar-refractivity contribution in [2.24, 2.45) is 5.41 Å². The smallest absolute Gasteiger partial charge is 0.460 e. The van der Waals surface area contributed by atoms with Crippen molar-refractivity contribution in [3.05, 3.63) is 60.7 Å².